The van der Waals surface area contributed by atoms with Crippen LogP contribution in [0.25, 0.3) is 0 Å². The first kappa shape index (κ1) is 15.6. The van der Waals surface area contributed by atoms with Gasteiger partial charge in [-0.2, -0.15) is 4.98 Å². The van der Waals surface area contributed by atoms with Crippen LogP contribution in [0.2, 0.25) is 0 Å². The van der Waals surface area contributed by atoms with Gasteiger partial charge in [-0.05, 0) is 25.0 Å². The molecule has 1 saturated heterocycles. The molecule has 0 saturated carbocycles. The van der Waals surface area contributed by atoms with Crippen molar-refractivity contribution in [3.05, 3.63) is 47.6 Å². The lowest BCUT2D eigenvalue weighted by Gasteiger charge is -2.31. The minimum Gasteiger partial charge on any atom is -0.349 e. The average Bonchev–Trinajstić information content (AvgIpc) is 3.05. The molecule has 1 aliphatic rings. The first-order valence-electron chi connectivity index (χ1n) is 7.84. The van der Waals surface area contributed by atoms with Crippen LogP contribution in [0.5, 0.6) is 0 Å². The van der Waals surface area contributed by atoms with Crippen LogP contribution in [0.15, 0.2) is 34.9 Å². The summed E-state index contributed by atoms with van der Waals surface area (Å²) in [6, 6.07) is 9.52. The first-order valence-corrected chi connectivity index (χ1v) is 7.84. The molecule has 1 aromatic heterocycles. The number of carbonyl (C=O) groups is 1. The number of hydrogen-bond donors (Lipinski definition) is 2. The van der Waals surface area contributed by atoms with Gasteiger partial charge in [-0.1, -0.05) is 23.4 Å². The van der Waals surface area contributed by atoms with Crippen molar-refractivity contribution >= 4 is 5.91 Å². The quantitative estimate of drug-likeness (QED) is 0.851. The highest BCUT2D eigenvalue weighted by Crippen LogP contribution is 2.13. The zero-order valence-corrected chi connectivity index (χ0v) is 12.9. The molecule has 23 heavy (non-hydrogen) atoms. The predicted octanol–water partition coefficient (Wildman–Crippen LogP) is 0.923. The number of piperidine rings is 1. The Balaban J connectivity index is 1.46. The Morgan fingerprint density at radius 3 is 2.70 bits per heavy atom. The summed E-state index contributed by atoms with van der Waals surface area (Å²) in [7, 11) is 0. The topological polar surface area (TPSA) is 97.3 Å². The van der Waals surface area contributed by atoms with E-state index in [0.29, 0.717) is 23.8 Å². The molecule has 3 rings (SSSR count). The Labute approximate surface area is 134 Å². The van der Waals surface area contributed by atoms with Gasteiger partial charge < -0.3 is 15.6 Å². The van der Waals surface area contributed by atoms with Crippen molar-refractivity contribution in [2.45, 2.75) is 32.0 Å². The second-order valence-electron chi connectivity index (χ2n) is 5.70. The molecular formula is C16H21N5O2. The molecule has 0 radical (unpaired) electrons. The maximum absolute atomic E-state index is 12.2. The molecule has 0 aliphatic carbocycles. The minimum absolute atomic E-state index is 0.00481. The zero-order chi connectivity index (χ0) is 16.1. The number of nitrogens with two attached hydrogens (primary N) is 1. The highest BCUT2D eigenvalue weighted by Gasteiger charge is 2.22. The fourth-order valence-electron chi connectivity index (χ4n) is 2.73. The number of carbonyl (C=O) groups excluding carboxylic acids is 1. The van der Waals surface area contributed by atoms with Gasteiger partial charge in [0.2, 0.25) is 5.89 Å². The third-order valence-corrected chi connectivity index (χ3v) is 4.01. The van der Waals surface area contributed by atoms with Crippen molar-refractivity contribution < 1.29 is 9.32 Å². The molecule has 7 heteroatoms. The van der Waals surface area contributed by atoms with E-state index in [9.17, 15) is 4.79 Å². The van der Waals surface area contributed by atoms with Gasteiger partial charge in [-0.25, -0.2) is 0 Å². The Kier molecular flexibility index (Phi) is 4.99. The van der Waals surface area contributed by atoms with Crippen LogP contribution < -0.4 is 11.1 Å². The van der Waals surface area contributed by atoms with Crippen molar-refractivity contribution in [3.8, 4) is 0 Å². The van der Waals surface area contributed by atoms with E-state index in [1.54, 1.807) is 0 Å². The van der Waals surface area contributed by atoms with E-state index in [1.165, 1.54) is 0 Å². The average molecular weight is 315 g/mol. The Bertz CT molecular complexity index is 635. The van der Waals surface area contributed by atoms with E-state index in [2.05, 4.69) is 20.4 Å². The van der Waals surface area contributed by atoms with E-state index in [1.807, 2.05) is 30.3 Å². The second kappa shape index (κ2) is 7.34. The fraction of sp³-hybridized carbons (Fsp3) is 0.438. The predicted molar refractivity (Wildman–Crippen MR) is 84.4 cm³/mol. The standard InChI is InChI=1S/C16H21N5O2/c17-10-15-19-14(20-23-15)11-21-8-6-13(7-9-21)18-16(22)12-4-2-1-3-5-12/h1-5,13H,6-11,17H2,(H,18,22). The lowest BCUT2D eigenvalue weighted by atomic mass is 10.0. The van der Waals surface area contributed by atoms with E-state index < -0.39 is 0 Å². The number of nitrogens with one attached hydrogen (secondary N) is 1. The molecule has 2 heterocycles. The van der Waals surface area contributed by atoms with Crippen LogP contribution in [0.4, 0.5) is 0 Å². The van der Waals surface area contributed by atoms with E-state index >= 15 is 0 Å². The summed E-state index contributed by atoms with van der Waals surface area (Å²) in [5.41, 5.74) is 6.16. The molecule has 7 nitrogen and oxygen atoms in total. The van der Waals surface area contributed by atoms with Crippen molar-refractivity contribution in [2.75, 3.05) is 13.1 Å². The molecule has 0 atom stereocenters. The van der Waals surface area contributed by atoms with E-state index in [0.717, 1.165) is 25.9 Å². The summed E-state index contributed by atoms with van der Waals surface area (Å²) in [6.45, 7) is 2.71. The van der Waals surface area contributed by atoms with Crippen LogP contribution in [0.1, 0.15) is 34.9 Å². The highest BCUT2D eigenvalue weighted by molar-refractivity contribution is 5.94. The van der Waals surface area contributed by atoms with Crippen molar-refractivity contribution in [3.63, 3.8) is 0 Å². The van der Waals surface area contributed by atoms with Crippen LogP contribution in [0, 0.1) is 0 Å². The summed E-state index contributed by atoms with van der Waals surface area (Å²) in [6.07, 6.45) is 1.83. The van der Waals surface area contributed by atoms with Crippen molar-refractivity contribution in [2.24, 2.45) is 5.73 Å². The highest BCUT2D eigenvalue weighted by atomic mass is 16.5. The summed E-state index contributed by atoms with van der Waals surface area (Å²) in [5, 5.41) is 7.01. The third kappa shape index (κ3) is 4.14. The number of amides is 1. The van der Waals surface area contributed by atoms with Gasteiger partial charge in [0.15, 0.2) is 5.82 Å². The number of likely N-dealkylation sites (tertiary alicyclic amines) is 1. The van der Waals surface area contributed by atoms with Gasteiger partial charge in [0, 0.05) is 24.7 Å². The van der Waals surface area contributed by atoms with E-state index in [-0.39, 0.29) is 18.5 Å². The number of benzene rings is 1. The smallest absolute Gasteiger partial charge is 0.251 e. The number of aromatic nitrogens is 2. The van der Waals surface area contributed by atoms with Gasteiger partial charge in [0.05, 0.1) is 13.1 Å². The maximum atomic E-state index is 12.2. The van der Waals surface area contributed by atoms with E-state index in [4.69, 9.17) is 10.3 Å². The van der Waals surface area contributed by atoms with Crippen LogP contribution in [0.3, 0.4) is 0 Å². The normalized spacial score (nSPS) is 16.4. The largest absolute Gasteiger partial charge is 0.349 e. The molecule has 1 aromatic carbocycles. The molecule has 1 fully saturated rings. The molecule has 2 aromatic rings. The van der Waals surface area contributed by atoms with Gasteiger partial charge in [0.25, 0.3) is 5.91 Å². The van der Waals surface area contributed by atoms with Crippen molar-refractivity contribution in [1.82, 2.24) is 20.4 Å². The molecule has 3 N–H and O–H groups in total. The third-order valence-electron chi connectivity index (χ3n) is 4.01. The molecule has 122 valence electrons. The number of hydrogen-bond acceptors (Lipinski definition) is 6. The summed E-state index contributed by atoms with van der Waals surface area (Å²) >= 11 is 0. The Hall–Kier alpha value is -2.25. The maximum Gasteiger partial charge on any atom is 0.251 e. The Morgan fingerprint density at radius 1 is 1.30 bits per heavy atom. The van der Waals surface area contributed by atoms with Crippen LogP contribution >= 0.6 is 0 Å². The minimum atomic E-state index is -0.00481. The fourth-order valence-corrected chi connectivity index (χ4v) is 2.73. The molecule has 1 amide bonds. The van der Waals surface area contributed by atoms with Crippen LogP contribution in [-0.2, 0) is 13.1 Å². The summed E-state index contributed by atoms with van der Waals surface area (Å²) < 4.78 is 5.01. The number of rotatable bonds is 5. The second-order valence-corrected chi connectivity index (χ2v) is 5.70. The summed E-state index contributed by atoms with van der Waals surface area (Å²) in [4.78, 5) is 18.6. The summed E-state index contributed by atoms with van der Waals surface area (Å²) in [5.74, 6) is 1.12. The Morgan fingerprint density at radius 2 is 2.04 bits per heavy atom. The molecule has 0 spiro atoms. The molecule has 0 unspecified atom stereocenters. The van der Waals surface area contributed by atoms with Gasteiger partial charge in [-0.15, -0.1) is 0 Å². The lowest BCUT2D eigenvalue weighted by Crippen LogP contribution is -2.44. The molecular weight excluding hydrogens is 294 g/mol. The van der Waals surface area contributed by atoms with Crippen LogP contribution in [-0.4, -0.2) is 40.1 Å². The molecule has 0 bridgehead atoms. The SMILES string of the molecule is NCc1nc(CN2CCC(NC(=O)c3ccccc3)CC2)no1. The number of nitrogens with zero attached hydrogens (tertiary/aromatic N) is 3. The van der Waals surface area contributed by atoms with Gasteiger partial charge in [0.1, 0.15) is 0 Å². The van der Waals surface area contributed by atoms with Gasteiger partial charge >= 0.3 is 0 Å². The lowest BCUT2D eigenvalue weighted by molar-refractivity contribution is 0.0908. The monoisotopic (exact) mass is 315 g/mol. The van der Waals surface area contributed by atoms with Gasteiger partial charge in [-0.3, -0.25) is 9.69 Å². The molecule has 1 aliphatic heterocycles. The first-order chi connectivity index (χ1) is 11.2. The van der Waals surface area contributed by atoms with Crippen molar-refractivity contribution in [1.29, 1.82) is 0 Å². The zero-order valence-electron chi connectivity index (χ0n) is 12.9.